The minimum atomic E-state index is 0.121. The molecule has 0 saturated heterocycles. The van der Waals surface area contributed by atoms with Gasteiger partial charge < -0.3 is 0 Å². The minimum Gasteiger partial charge on any atom is -0.208 e. The van der Waals surface area contributed by atoms with Crippen LogP contribution in [0.25, 0.3) is 56.4 Å². The normalized spacial score (nSPS) is 18.8. The second-order valence-corrected chi connectivity index (χ2v) is 15.7. The summed E-state index contributed by atoms with van der Waals surface area (Å²) in [6.07, 6.45) is 12.5. The molecule has 0 saturated carbocycles. The second kappa shape index (κ2) is 14.3. The van der Waals surface area contributed by atoms with Gasteiger partial charge in [-0.3, -0.25) is 0 Å². The van der Waals surface area contributed by atoms with E-state index in [4.69, 9.17) is 15.0 Å². The molecular formula is C49H49N3. The molecule has 3 nitrogen and oxygen atoms in total. The van der Waals surface area contributed by atoms with Crippen LogP contribution < -0.4 is 0 Å². The number of nitrogens with zero attached hydrogens (tertiary/aromatic N) is 3. The van der Waals surface area contributed by atoms with E-state index in [1.54, 1.807) is 0 Å². The Morgan fingerprint density at radius 2 is 1.04 bits per heavy atom. The zero-order valence-electron chi connectivity index (χ0n) is 31.6. The molecule has 2 aliphatic rings. The van der Waals surface area contributed by atoms with Crippen LogP contribution in [0.4, 0.5) is 0 Å². The number of hydrogen-bond acceptors (Lipinski definition) is 3. The van der Waals surface area contributed by atoms with Gasteiger partial charge in [-0.05, 0) is 76.5 Å². The zero-order valence-corrected chi connectivity index (χ0v) is 31.6. The van der Waals surface area contributed by atoms with Crippen LogP contribution in [0.1, 0.15) is 71.6 Å². The Morgan fingerprint density at radius 1 is 0.596 bits per heavy atom. The van der Waals surface area contributed by atoms with Crippen molar-refractivity contribution in [2.75, 3.05) is 0 Å². The summed E-state index contributed by atoms with van der Waals surface area (Å²) in [5.74, 6) is 3.22. The molecule has 1 heterocycles. The molecule has 0 fully saturated rings. The topological polar surface area (TPSA) is 38.7 Å². The van der Waals surface area contributed by atoms with Crippen LogP contribution in [-0.4, -0.2) is 15.0 Å². The Hall–Kier alpha value is -5.41. The number of aromatic nitrogens is 3. The Morgan fingerprint density at radius 3 is 1.48 bits per heavy atom. The molecule has 7 rings (SSSR count). The van der Waals surface area contributed by atoms with E-state index < -0.39 is 0 Å². The van der Waals surface area contributed by atoms with Gasteiger partial charge in [-0.1, -0.05) is 180 Å². The Balaban J connectivity index is 1.23. The summed E-state index contributed by atoms with van der Waals surface area (Å²) >= 11 is 0. The lowest BCUT2D eigenvalue weighted by Crippen LogP contribution is -2.10. The molecule has 0 spiro atoms. The van der Waals surface area contributed by atoms with Gasteiger partial charge in [0.05, 0.1) is 0 Å². The predicted octanol–water partition coefficient (Wildman–Crippen LogP) is 13.0. The van der Waals surface area contributed by atoms with E-state index in [0.29, 0.717) is 35.2 Å². The molecule has 0 N–H and O–H groups in total. The Kier molecular flexibility index (Phi) is 9.63. The van der Waals surface area contributed by atoms with Crippen LogP contribution in [0.15, 0.2) is 145 Å². The van der Waals surface area contributed by atoms with Crippen LogP contribution >= 0.6 is 0 Å². The standard InChI is InChI=1S/C49H49N3/c1-31(2)35-9-11-36(12-10-35)37-13-19-41(20-14-37)46-50-47(42-21-15-38(16-22-42)39-25-27-44(28-26-39)49(6,7)8)52-48(51-46)43-23-17-40(18-24-43)45-30-33(4)32(3)29-34(45)5/h9,11-30,33-35H,1,10H2,2-8H3. The highest BCUT2D eigenvalue weighted by molar-refractivity contribution is 5.78. The van der Waals surface area contributed by atoms with Crippen molar-refractivity contribution in [3.63, 3.8) is 0 Å². The Bertz CT molecular complexity index is 2220. The molecule has 52 heavy (non-hydrogen) atoms. The van der Waals surface area contributed by atoms with Gasteiger partial charge in [0.2, 0.25) is 0 Å². The summed E-state index contributed by atoms with van der Waals surface area (Å²) < 4.78 is 0. The third-order valence-electron chi connectivity index (χ3n) is 10.7. The van der Waals surface area contributed by atoms with Crippen LogP contribution in [0.3, 0.4) is 0 Å². The number of benzene rings is 4. The van der Waals surface area contributed by atoms with Crippen LogP contribution in [0, 0.1) is 17.8 Å². The van der Waals surface area contributed by atoms with Crippen molar-refractivity contribution in [2.24, 2.45) is 17.8 Å². The summed E-state index contributed by atoms with van der Waals surface area (Å²) in [6.45, 7) is 19.7. The molecule has 4 aromatic carbocycles. The SMILES string of the molecule is C=C(C)C1C=CC(c2ccc(-c3nc(-c4ccc(C5=CC(C)C(C)=CC5C)cc4)nc(-c4ccc(-c5ccc(C(C)(C)C)cc5)cc4)n3)cc2)=CC1. The average molecular weight is 680 g/mol. The molecule has 5 aromatic rings. The average Bonchev–Trinajstić information content (AvgIpc) is 3.16. The third kappa shape index (κ3) is 7.46. The first-order valence-corrected chi connectivity index (χ1v) is 18.6. The van der Waals surface area contributed by atoms with Crippen molar-refractivity contribution < 1.29 is 0 Å². The van der Waals surface area contributed by atoms with Crippen molar-refractivity contribution in [1.82, 2.24) is 15.0 Å². The largest absolute Gasteiger partial charge is 0.208 e. The quantitative estimate of drug-likeness (QED) is 0.161. The van der Waals surface area contributed by atoms with Crippen LogP contribution in [0.5, 0.6) is 0 Å². The Labute approximate surface area is 310 Å². The highest BCUT2D eigenvalue weighted by atomic mass is 15.0. The molecule has 0 aliphatic heterocycles. The summed E-state index contributed by atoms with van der Waals surface area (Å²) in [6, 6.07) is 34.7. The predicted molar refractivity (Wildman–Crippen MR) is 220 cm³/mol. The van der Waals surface area contributed by atoms with Crippen molar-refractivity contribution in [3.05, 3.63) is 162 Å². The van der Waals surface area contributed by atoms with Crippen molar-refractivity contribution in [2.45, 2.75) is 60.3 Å². The minimum absolute atomic E-state index is 0.121. The van der Waals surface area contributed by atoms with Gasteiger partial charge in [-0.25, -0.2) is 15.0 Å². The van der Waals surface area contributed by atoms with Gasteiger partial charge in [0, 0.05) is 22.6 Å². The first kappa shape index (κ1) is 35.0. The highest BCUT2D eigenvalue weighted by Gasteiger charge is 2.19. The van der Waals surface area contributed by atoms with Gasteiger partial charge in [-0.2, -0.15) is 0 Å². The molecular weight excluding hydrogens is 631 g/mol. The van der Waals surface area contributed by atoms with Gasteiger partial charge >= 0.3 is 0 Å². The molecule has 0 amide bonds. The monoisotopic (exact) mass is 679 g/mol. The number of hydrogen-bond donors (Lipinski definition) is 0. The number of allylic oxidation sites excluding steroid dienone is 9. The van der Waals surface area contributed by atoms with Gasteiger partial charge in [0.1, 0.15) is 0 Å². The van der Waals surface area contributed by atoms with E-state index in [1.807, 2.05) is 0 Å². The molecule has 1 aromatic heterocycles. The molecule has 260 valence electrons. The number of rotatable bonds is 7. The molecule has 0 radical (unpaired) electrons. The highest BCUT2D eigenvalue weighted by Crippen LogP contribution is 2.35. The molecule has 3 unspecified atom stereocenters. The first-order valence-electron chi connectivity index (χ1n) is 18.6. The van der Waals surface area contributed by atoms with Crippen molar-refractivity contribution in [1.29, 1.82) is 0 Å². The van der Waals surface area contributed by atoms with Crippen LogP contribution in [-0.2, 0) is 5.41 Å². The summed E-state index contributed by atoms with van der Waals surface area (Å²) in [4.78, 5) is 15.2. The van der Waals surface area contributed by atoms with E-state index in [1.165, 1.54) is 44.5 Å². The van der Waals surface area contributed by atoms with Gasteiger partial charge in [-0.15, -0.1) is 0 Å². The lowest BCUT2D eigenvalue weighted by Gasteiger charge is -2.23. The lowest BCUT2D eigenvalue weighted by molar-refractivity contribution is 0.590. The zero-order chi connectivity index (χ0) is 36.6. The van der Waals surface area contributed by atoms with E-state index in [9.17, 15) is 0 Å². The molecule has 3 heteroatoms. The maximum Gasteiger partial charge on any atom is 0.164 e. The maximum atomic E-state index is 5.06. The van der Waals surface area contributed by atoms with E-state index in [-0.39, 0.29) is 5.41 Å². The van der Waals surface area contributed by atoms with Gasteiger partial charge in [0.25, 0.3) is 0 Å². The van der Waals surface area contributed by atoms with E-state index in [0.717, 1.165) is 28.7 Å². The third-order valence-corrected chi connectivity index (χ3v) is 10.7. The fourth-order valence-corrected chi connectivity index (χ4v) is 7.11. The lowest BCUT2D eigenvalue weighted by atomic mass is 9.82. The van der Waals surface area contributed by atoms with Crippen molar-refractivity contribution in [3.8, 4) is 45.3 Å². The second-order valence-electron chi connectivity index (χ2n) is 15.7. The first-order chi connectivity index (χ1) is 24.9. The summed E-state index contributed by atoms with van der Waals surface area (Å²) in [7, 11) is 0. The summed E-state index contributed by atoms with van der Waals surface area (Å²) in [5, 5.41) is 0. The van der Waals surface area contributed by atoms with Crippen LogP contribution in [0.2, 0.25) is 0 Å². The summed E-state index contributed by atoms with van der Waals surface area (Å²) in [5.41, 5.74) is 14.3. The van der Waals surface area contributed by atoms with Gasteiger partial charge in [0.15, 0.2) is 17.5 Å². The smallest absolute Gasteiger partial charge is 0.164 e. The molecule has 0 bridgehead atoms. The molecule has 3 atom stereocenters. The van der Waals surface area contributed by atoms with E-state index >= 15 is 0 Å². The fourth-order valence-electron chi connectivity index (χ4n) is 7.11. The fraction of sp³-hybridized carbons (Fsp3) is 0.245. The van der Waals surface area contributed by atoms with E-state index in [2.05, 4.69) is 182 Å². The van der Waals surface area contributed by atoms with Crippen molar-refractivity contribution >= 4 is 11.1 Å². The molecule has 2 aliphatic carbocycles. The maximum absolute atomic E-state index is 5.06.